The zero-order valence-corrected chi connectivity index (χ0v) is 11.6. The smallest absolute Gasteiger partial charge is 0.273 e. The van der Waals surface area contributed by atoms with Crippen molar-refractivity contribution in [1.29, 1.82) is 0 Å². The van der Waals surface area contributed by atoms with Crippen molar-refractivity contribution in [2.24, 2.45) is 0 Å². The predicted molar refractivity (Wildman–Crippen MR) is 78.1 cm³/mol. The van der Waals surface area contributed by atoms with Crippen LogP contribution in [0.3, 0.4) is 0 Å². The van der Waals surface area contributed by atoms with E-state index in [1.54, 1.807) is 0 Å². The van der Waals surface area contributed by atoms with Crippen LogP contribution in [0, 0.1) is 0 Å². The molecule has 3 rings (SSSR count). The SMILES string of the molecule is C[C@@H](NC(=O)c1nccnc1N)[C@H]1COc2ccccc21. The first-order chi connectivity index (χ1) is 10.2. The average Bonchev–Trinajstić information content (AvgIpc) is 2.91. The maximum atomic E-state index is 12.2. The van der Waals surface area contributed by atoms with E-state index in [9.17, 15) is 4.79 Å². The second kappa shape index (κ2) is 5.40. The van der Waals surface area contributed by atoms with Gasteiger partial charge in [0, 0.05) is 29.9 Å². The summed E-state index contributed by atoms with van der Waals surface area (Å²) in [7, 11) is 0. The Labute approximate surface area is 122 Å². The summed E-state index contributed by atoms with van der Waals surface area (Å²) in [5, 5.41) is 2.92. The Morgan fingerprint density at radius 2 is 2.14 bits per heavy atom. The van der Waals surface area contributed by atoms with Gasteiger partial charge in [-0.05, 0) is 13.0 Å². The number of rotatable bonds is 3. The van der Waals surface area contributed by atoms with Crippen LogP contribution in [0.15, 0.2) is 36.7 Å². The van der Waals surface area contributed by atoms with Gasteiger partial charge >= 0.3 is 0 Å². The van der Waals surface area contributed by atoms with E-state index in [0.29, 0.717) is 6.61 Å². The number of carbonyl (C=O) groups is 1. The molecule has 0 fully saturated rings. The van der Waals surface area contributed by atoms with Gasteiger partial charge in [-0.25, -0.2) is 9.97 Å². The highest BCUT2D eigenvalue weighted by Gasteiger charge is 2.30. The third kappa shape index (κ3) is 2.52. The van der Waals surface area contributed by atoms with Crippen LogP contribution in [0.5, 0.6) is 5.75 Å². The molecule has 0 saturated heterocycles. The molecule has 6 nitrogen and oxygen atoms in total. The number of nitrogens with two attached hydrogens (primary N) is 1. The Bertz CT molecular complexity index is 674. The van der Waals surface area contributed by atoms with Crippen molar-refractivity contribution < 1.29 is 9.53 Å². The number of fused-ring (bicyclic) bond motifs is 1. The van der Waals surface area contributed by atoms with Gasteiger partial charge in [0.2, 0.25) is 0 Å². The van der Waals surface area contributed by atoms with Gasteiger partial charge in [-0.15, -0.1) is 0 Å². The molecule has 3 N–H and O–H groups in total. The first-order valence-electron chi connectivity index (χ1n) is 6.76. The van der Waals surface area contributed by atoms with Gasteiger partial charge in [0.25, 0.3) is 5.91 Å². The quantitative estimate of drug-likeness (QED) is 0.888. The van der Waals surface area contributed by atoms with Crippen molar-refractivity contribution in [2.45, 2.75) is 18.9 Å². The predicted octanol–water partition coefficient (Wildman–Crippen LogP) is 1.35. The van der Waals surface area contributed by atoms with Crippen molar-refractivity contribution in [3.8, 4) is 5.75 Å². The van der Waals surface area contributed by atoms with Gasteiger partial charge in [0.15, 0.2) is 11.5 Å². The maximum absolute atomic E-state index is 12.2. The van der Waals surface area contributed by atoms with Crippen LogP contribution in [-0.4, -0.2) is 28.5 Å². The fourth-order valence-electron chi connectivity index (χ4n) is 2.50. The van der Waals surface area contributed by atoms with Crippen molar-refractivity contribution in [1.82, 2.24) is 15.3 Å². The number of nitrogens with one attached hydrogen (secondary N) is 1. The minimum atomic E-state index is -0.322. The number of hydrogen-bond donors (Lipinski definition) is 2. The third-order valence-corrected chi connectivity index (χ3v) is 3.64. The van der Waals surface area contributed by atoms with E-state index in [2.05, 4.69) is 15.3 Å². The molecule has 0 spiro atoms. The summed E-state index contributed by atoms with van der Waals surface area (Å²) >= 11 is 0. The zero-order valence-electron chi connectivity index (χ0n) is 11.6. The Hall–Kier alpha value is -2.63. The molecule has 0 saturated carbocycles. The lowest BCUT2D eigenvalue weighted by Gasteiger charge is -2.19. The Morgan fingerprint density at radius 3 is 2.95 bits per heavy atom. The van der Waals surface area contributed by atoms with Crippen LogP contribution in [0.25, 0.3) is 0 Å². The summed E-state index contributed by atoms with van der Waals surface area (Å²) in [5.41, 5.74) is 6.93. The van der Waals surface area contributed by atoms with Crippen molar-refractivity contribution in [3.63, 3.8) is 0 Å². The van der Waals surface area contributed by atoms with Crippen LogP contribution < -0.4 is 15.8 Å². The molecule has 0 radical (unpaired) electrons. The molecular weight excluding hydrogens is 268 g/mol. The lowest BCUT2D eigenvalue weighted by molar-refractivity contribution is 0.0928. The lowest BCUT2D eigenvalue weighted by atomic mass is 9.94. The number of amides is 1. The second-order valence-corrected chi connectivity index (χ2v) is 5.01. The van der Waals surface area contributed by atoms with Gasteiger partial charge < -0.3 is 15.8 Å². The first kappa shape index (κ1) is 13.4. The minimum absolute atomic E-state index is 0.0949. The third-order valence-electron chi connectivity index (χ3n) is 3.64. The summed E-state index contributed by atoms with van der Waals surface area (Å²) in [6.07, 6.45) is 2.90. The number of para-hydroxylation sites is 1. The summed E-state index contributed by atoms with van der Waals surface area (Å²) in [6.45, 7) is 2.50. The molecule has 2 aromatic rings. The molecule has 21 heavy (non-hydrogen) atoms. The normalized spacial score (nSPS) is 17.7. The molecule has 2 atom stereocenters. The van der Waals surface area contributed by atoms with E-state index in [-0.39, 0.29) is 29.4 Å². The Kier molecular flexibility index (Phi) is 3.43. The fraction of sp³-hybridized carbons (Fsp3) is 0.267. The van der Waals surface area contributed by atoms with Gasteiger partial charge in [-0.1, -0.05) is 18.2 Å². The van der Waals surface area contributed by atoms with Gasteiger partial charge in [-0.2, -0.15) is 0 Å². The van der Waals surface area contributed by atoms with E-state index >= 15 is 0 Å². The van der Waals surface area contributed by atoms with Crippen molar-refractivity contribution in [3.05, 3.63) is 47.9 Å². The molecule has 2 heterocycles. The number of anilines is 1. The van der Waals surface area contributed by atoms with Gasteiger partial charge in [-0.3, -0.25) is 4.79 Å². The zero-order chi connectivity index (χ0) is 14.8. The van der Waals surface area contributed by atoms with E-state index in [0.717, 1.165) is 11.3 Å². The largest absolute Gasteiger partial charge is 0.493 e. The molecule has 1 amide bonds. The molecule has 1 aromatic carbocycles. The van der Waals surface area contributed by atoms with Crippen LogP contribution >= 0.6 is 0 Å². The molecule has 6 heteroatoms. The summed E-state index contributed by atoms with van der Waals surface area (Å²) in [5.74, 6) is 0.799. The first-order valence-corrected chi connectivity index (χ1v) is 6.76. The lowest BCUT2D eigenvalue weighted by Crippen LogP contribution is -2.38. The Morgan fingerprint density at radius 1 is 1.38 bits per heavy atom. The average molecular weight is 284 g/mol. The van der Waals surface area contributed by atoms with E-state index in [1.165, 1.54) is 12.4 Å². The van der Waals surface area contributed by atoms with Crippen LogP contribution in [0.2, 0.25) is 0 Å². The maximum Gasteiger partial charge on any atom is 0.273 e. The molecule has 0 aliphatic carbocycles. The topological polar surface area (TPSA) is 90.1 Å². The van der Waals surface area contributed by atoms with E-state index in [4.69, 9.17) is 10.5 Å². The van der Waals surface area contributed by atoms with Gasteiger partial charge in [0.1, 0.15) is 5.75 Å². The Balaban J connectivity index is 1.75. The monoisotopic (exact) mass is 284 g/mol. The molecule has 0 unspecified atom stereocenters. The van der Waals surface area contributed by atoms with Crippen molar-refractivity contribution in [2.75, 3.05) is 12.3 Å². The number of nitrogen functional groups attached to an aromatic ring is 1. The summed E-state index contributed by atoms with van der Waals surface area (Å²) in [4.78, 5) is 20.1. The summed E-state index contributed by atoms with van der Waals surface area (Å²) in [6, 6.07) is 7.76. The van der Waals surface area contributed by atoms with E-state index < -0.39 is 0 Å². The van der Waals surface area contributed by atoms with E-state index in [1.807, 2.05) is 31.2 Å². The molecule has 0 bridgehead atoms. The molecule has 108 valence electrons. The standard InChI is InChI=1S/C15H16N4O2/c1-9(11-8-21-12-5-3-2-4-10(11)12)19-15(20)13-14(16)18-7-6-17-13/h2-7,9,11H,8H2,1H3,(H2,16,18)(H,19,20)/t9-,11-/m1/s1. The molecule has 1 aliphatic heterocycles. The van der Waals surface area contributed by atoms with Crippen molar-refractivity contribution >= 4 is 11.7 Å². The number of carbonyl (C=O) groups excluding carboxylic acids is 1. The number of ether oxygens (including phenoxy) is 1. The molecule has 1 aliphatic rings. The number of hydrogen-bond acceptors (Lipinski definition) is 5. The minimum Gasteiger partial charge on any atom is -0.493 e. The highest BCUT2D eigenvalue weighted by atomic mass is 16.5. The van der Waals surface area contributed by atoms with Crippen LogP contribution in [0.4, 0.5) is 5.82 Å². The fourth-order valence-corrected chi connectivity index (χ4v) is 2.50. The molecular formula is C15H16N4O2. The highest BCUT2D eigenvalue weighted by molar-refractivity contribution is 5.96. The molecule has 1 aromatic heterocycles. The van der Waals surface area contributed by atoms with Crippen LogP contribution in [0.1, 0.15) is 28.9 Å². The van der Waals surface area contributed by atoms with Crippen LogP contribution in [-0.2, 0) is 0 Å². The summed E-state index contributed by atoms with van der Waals surface area (Å²) < 4.78 is 5.64. The second-order valence-electron chi connectivity index (χ2n) is 5.01. The van der Waals surface area contributed by atoms with Gasteiger partial charge in [0.05, 0.1) is 6.61 Å². The highest BCUT2D eigenvalue weighted by Crippen LogP contribution is 2.35. The number of nitrogens with zero attached hydrogens (tertiary/aromatic N) is 2. The number of aromatic nitrogens is 2. The number of benzene rings is 1.